The number of nitrogens with one attached hydrogen (secondary N) is 1. The first kappa shape index (κ1) is 39.2. The number of carbonyl (C=O) groups is 4. The number of aliphatic hydroxyl groups is 1. The summed E-state index contributed by atoms with van der Waals surface area (Å²) < 4.78 is 18.5. The highest BCUT2D eigenvalue weighted by Crippen LogP contribution is 2.59. The zero-order chi connectivity index (χ0) is 36.4. The number of likely N-dealkylation sites (tertiary alicyclic amines) is 1. The summed E-state index contributed by atoms with van der Waals surface area (Å²) in [5.41, 5.74) is -0.591. The minimum absolute atomic E-state index is 0.0679. The maximum Gasteiger partial charge on any atom is 0.313 e. The average Bonchev–Trinajstić information content (AvgIpc) is 3.75. The highest BCUT2D eigenvalue weighted by atomic mass is 16.6. The van der Waals surface area contributed by atoms with Crippen molar-refractivity contribution < 1.29 is 38.5 Å². The summed E-state index contributed by atoms with van der Waals surface area (Å²) in [5.74, 6) is -3.31. The van der Waals surface area contributed by atoms with Gasteiger partial charge in [0, 0.05) is 26.6 Å². The molecule has 4 rings (SSSR count). The quantitative estimate of drug-likeness (QED) is 0.110. The standard InChI is InChI=1S/C39H57N3O8/c1-7-10-15-22-41(21-9-3)37(46)35-39-20-19-30(50-39)32(33(39)36(45)42(35)28(24-43)23-26(4)5)38(47)49-34(27-16-13-12-14-17-27)29(25-48-6)40-31(44)18-11-8-2/h8-9,12-14,16-17,26,28-30,32-35,43H,2-3,7,10-11,15,18-25H2,1,4-6H3,(H,40,44)/t28-,29+,30-,32+,33+,34+,35-,39+/m1/s1. The molecule has 1 spiro atoms. The molecule has 2 N–H and O–H groups in total. The summed E-state index contributed by atoms with van der Waals surface area (Å²) in [6.45, 7) is 14.2. The van der Waals surface area contributed by atoms with Gasteiger partial charge < -0.3 is 34.4 Å². The number of allylic oxidation sites excluding steroid dienone is 1. The van der Waals surface area contributed by atoms with Crippen molar-refractivity contribution in [3.63, 3.8) is 0 Å². The molecule has 11 heteroatoms. The summed E-state index contributed by atoms with van der Waals surface area (Å²) in [5, 5.41) is 13.6. The van der Waals surface area contributed by atoms with Crippen LogP contribution in [0.1, 0.15) is 83.8 Å². The molecule has 11 nitrogen and oxygen atoms in total. The predicted octanol–water partition coefficient (Wildman–Crippen LogP) is 4.35. The number of ether oxygens (including phenoxy) is 3. The van der Waals surface area contributed by atoms with E-state index in [1.807, 2.05) is 44.2 Å². The summed E-state index contributed by atoms with van der Waals surface area (Å²) in [7, 11) is 1.51. The lowest BCUT2D eigenvalue weighted by molar-refractivity contribution is -0.163. The van der Waals surface area contributed by atoms with E-state index in [2.05, 4.69) is 25.4 Å². The van der Waals surface area contributed by atoms with Crippen LogP contribution in [-0.2, 0) is 33.4 Å². The number of amides is 3. The SMILES string of the molecule is C=CCCC(=O)N[C@@H](COC)[C@@H](OC(=O)[C@@H]1[C@H]2C(=O)N([C@@H](CO)CC(C)C)[C@H](C(=O)N(CC=C)CCCCC)[C@]23CC[C@H]1O3)c1ccccc1. The largest absolute Gasteiger partial charge is 0.455 e. The molecule has 50 heavy (non-hydrogen) atoms. The highest BCUT2D eigenvalue weighted by Gasteiger charge is 2.75. The summed E-state index contributed by atoms with van der Waals surface area (Å²) >= 11 is 0. The van der Waals surface area contributed by atoms with Gasteiger partial charge in [-0.1, -0.05) is 76.1 Å². The third-order valence-corrected chi connectivity index (χ3v) is 10.3. The summed E-state index contributed by atoms with van der Waals surface area (Å²) in [6, 6.07) is 6.77. The van der Waals surface area contributed by atoms with Gasteiger partial charge in [-0.2, -0.15) is 0 Å². The molecule has 3 amide bonds. The van der Waals surface area contributed by atoms with E-state index >= 15 is 0 Å². The monoisotopic (exact) mass is 695 g/mol. The van der Waals surface area contributed by atoms with Crippen molar-refractivity contribution in [2.75, 3.05) is 33.4 Å². The molecule has 3 aliphatic rings. The van der Waals surface area contributed by atoms with Crippen LogP contribution in [0.25, 0.3) is 0 Å². The smallest absolute Gasteiger partial charge is 0.313 e. The molecule has 8 atom stereocenters. The second-order valence-corrected chi connectivity index (χ2v) is 14.3. The number of unbranched alkanes of at least 4 members (excludes halogenated alkanes) is 2. The lowest BCUT2D eigenvalue weighted by Crippen LogP contribution is -2.59. The fourth-order valence-corrected chi connectivity index (χ4v) is 8.15. The molecule has 3 saturated heterocycles. The molecule has 1 aromatic rings. The van der Waals surface area contributed by atoms with Gasteiger partial charge in [0.05, 0.1) is 43.2 Å². The van der Waals surface area contributed by atoms with Crippen LogP contribution in [0.15, 0.2) is 55.6 Å². The molecule has 0 aromatic heterocycles. The first-order valence-electron chi connectivity index (χ1n) is 18.2. The zero-order valence-electron chi connectivity index (χ0n) is 30.3. The predicted molar refractivity (Wildman–Crippen MR) is 190 cm³/mol. The summed E-state index contributed by atoms with van der Waals surface area (Å²) in [6.07, 6.45) is 6.60. The number of hydrogen-bond donors (Lipinski definition) is 2. The molecule has 2 bridgehead atoms. The second kappa shape index (κ2) is 18.1. The van der Waals surface area contributed by atoms with Crippen LogP contribution in [0, 0.1) is 17.8 Å². The lowest BCUT2D eigenvalue weighted by atomic mass is 9.70. The molecule has 276 valence electrons. The summed E-state index contributed by atoms with van der Waals surface area (Å²) in [4.78, 5) is 60.0. The molecule has 0 radical (unpaired) electrons. The van der Waals surface area contributed by atoms with Gasteiger partial charge in [0.2, 0.25) is 17.7 Å². The Morgan fingerprint density at radius 2 is 1.92 bits per heavy atom. The van der Waals surface area contributed by atoms with Gasteiger partial charge in [-0.25, -0.2) is 0 Å². The number of methoxy groups -OCH3 is 1. The van der Waals surface area contributed by atoms with E-state index in [1.54, 1.807) is 17.1 Å². The van der Waals surface area contributed by atoms with Crippen molar-refractivity contribution in [2.45, 2.75) is 108 Å². The molecule has 1 aromatic carbocycles. The first-order chi connectivity index (χ1) is 24.1. The number of fused-ring (bicyclic) bond motifs is 1. The molecule has 0 aliphatic carbocycles. The Bertz CT molecular complexity index is 1340. The number of benzene rings is 1. The van der Waals surface area contributed by atoms with Crippen LogP contribution < -0.4 is 5.32 Å². The van der Waals surface area contributed by atoms with E-state index in [9.17, 15) is 24.3 Å². The van der Waals surface area contributed by atoms with Gasteiger partial charge in [0.25, 0.3) is 0 Å². The number of aliphatic hydroxyl groups excluding tert-OH is 1. The van der Waals surface area contributed by atoms with Crippen molar-refractivity contribution in [3.05, 3.63) is 61.2 Å². The van der Waals surface area contributed by atoms with E-state index in [0.29, 0.717) is 44.3 Å². The number of rotatable bonds is 21. The van der Waals surface area contributed by atoms with Crippen molar-refractivity contribution >= 4 is 23.7 Å². The van der Waals surface area contributed by atoms with Crippen LogP contribution in [-0.4, -0.2) is 102 Å². The number of carbonyl (C=O) groups excluding carboxylic acids is 4. The number of esters is 1. The van der Waals surface area contributed by atoms with Gasteiger partial charge in [0.15, 0.2) is 0 Å². The van der Waals surface area contributed by atoms with Crippen LogP contribution in [0.3, 0.4) is 0 Å². The van der Waals surface area contributed by atoms with E-state index in [1.165, 1.54) is 12.0 Å². The van der Waals surface area contributed by atoms with Crippen LogP contribution in [0.5, 0.6) is 0 Å². The van der Waals surface area contributed by atoms with E-state index in [4.69, 9.17) is 14.2 Å². The number of nitrogens with zero attached hydrogens (tertiary/aromatic N) is 2. The van der Waals surface area contributed by atoms with Gasteiger partial charge in [0.1, 0.15) is 17.7 Å². The first-order valence-corrected chi connectivity index (χ1v) is 18.2. The Morgan fingerprint density at radius 1 is 1.18 bits per heavy atom. The molecular weight excluding hydrogens is 638 g/mol. The van der Waals surface area contributed by atoms with Crippen LogP contribution in [0.2, 0.25) is 0 Å². The molecule has 0 saturated carbocycles. The third-order valence-electron chi connectivity index (χ3n) is 10.3. The number of hydrogen-bond acceptors (Lipinski definition) is 8. The fourth-order valence-electron chi connectivity index (χ4n) is 8.15. The minimum atomic E-state index is -1.25. The molecule has 0 unspecified atom stereocenters. The Morgan fingerprint density at radius 3 is 2.54 bits per heavy atom. The maximum atomic E-state index is 14.7. The van der Waals surface area contributed by atoms with Gasteiger partial charge in [-0.05, 0) is 43.6 Å². The highest BCUT2D eigenvalue weighted by molar-refractivity contribution is 5.98. The molecule has 3 fully saturated rings. The second-order valence-electron chi connectivity index (χ2n) is 14.3. The van der Waals surface area contributed by atoms with Gasteiger partial charge in [-0.15, -0.1) is 13.2 Å². The minimum Gasteiger partial charge on any atom is -0.455 e. The molecular formula is C39H57N3O8. The Labute approximate surface area is 297 Å². The van der Waals surface area contributed by atoms with Gasteiger partial charge in [-0.3, -0.25) is 19.2 Å². The lowest BCUT2D eigenvalue weighted by Gasteiger charge is -2.39. The maximum absolute atomic E-state index is 14.7. The van der Waals surface area contributed by atoms with E-state index in [-0.39, 0.29) is 43.3 Å². The van der Waals surface area contributed by atoms with Crippen LogP contribution >= 0.6 is 0 Å². The normalized spacial score (nSPS) is 25.6. The van der Waals surface area contributed by atoms with Crippen molar-refractivity contribution in [2.24, 2.45) is 17.8 Å². The Kier molecular flexibility index (Phi) is 14.2. The third kappa shape index (κ3) is 8.32. The molecule has 3 aliphatic heterocycles. The average molecular weight is 696 g/mol. The van der Waals surface area contributed by atoms with E-state index in [0.717, 1.165) is 19.3 Å². The van der Waals surface area contributed by atoms with Crippen molar-refractivity contribution in [1.82, 2.24) is 15.1 Å². The zero-order valence-corrected chi connectivity index (χ0v) is 30.3. The topological polar surface area (TPSA) is 135 Å². The van der Waals surface area contributed by atoms with Gasteiger partial charge >= 0.3 is 5.97 Å². The van der Waals surface area contributed by atoms with Crippen molar-refractivity contribution in [1.29, 1.82) is 0 Å². The fraction of sp³-hybridized carbons (Fsp3) is 0.641. The van der Waals surface area contributed by atoms with Crippen molar-refractivity contribution in [3.8, 4) is 0 Å². The van der Waals surface area contributed by atoms with E-state index < -0.39 is 53.7 Å². The Hall–Kier alpha value is -3.54. The van der Waals surface area contributed by atoms with Crippen LogP contribution in [0.4, 0.5) is 0 Å². The Balaban J connectivity index is 1.72. The molecule has 3 heterocycles.